The van der Waals surface area contributed by atoms with Gasteiger partial charge in [-0.05, 0) is 93.6 Å². The molecular formula is C27H46O3. The van der Waals surface area contributed by atoms with Gasteiger partial charge in [0.15, 0.2) is 0 Å². The Balaban J connectivity index is 2.07. The zero-order valence-electron chi connectivity index (χ0n) is 20.1. The third-order valence-corrected chi connectivity index (χ3v) is 8.03. The first-order chi connectivity index (χ1) is 14.0. The van der Waals surface area contributed by atoms with Crippen molar-refractivity contribution >= 4 is 0 Å². The Bertz CT molecular complexity index is 639. The fourth-order valence-electron chi connectivity index (χ4n) is 6.17. The van der Waals surface area contributed by atoms with Crippen LogP contribution in [0.25, 0.3) is 0 Å². The summed E-state index contributed by atoms with van der Waals surface area (Å²) < 4.78 is 0. The van der Waals surface area contributed by atoms with Gasteiger partial charge in [-0.1, -0.05) is 51.0 Å². The molecule has 3 heteroatoms. The largest absolute Gasteiger partial charge is 0.396 e. The molecule has 2 rings (SSSR count). The van der Waals surface area contributed by atoms with Crippen molar-refractivity contribution in [1.29, 1.82) is 0 Å². The van der Waals surface area contributed by atoms with Crippen molar-refractivity contribution < 1.29 is 15.3 Å². The summed E-state index contributed by atoms with van der Waals surface area (Å²) in [6, 6.07) is 0. The molecule has 0 aliphatic heterocycles. The number of rotatable bonds is 10. The van der Waals surface area contributed by atoms with Gasteiger partial charge < -0.3 is 15.3 Å². The van der Waals surface area contributed by atoms with E-state index in [1.165, 1.54) is 38.5 Å². The van der Waals surface area contributed by atoms with Crippen LogP contribution in [0.15, 0.2) is 35.5 Å². The van der Waals surface area contributed by atoms with Crippen molar-refractivity contribution in [1.82, 2.24) is 0 Å². The zero-order valence-corrected chi connectivity index (χ0v) is 20.1. The summed E-state index contributed by atoms with van der Waals surface area (Å²) in [6.07, 6.45) is 13.6. The molecule has 0 amide bonds. The molecule has 0 heterocycles. The monoisotopic (exact) mass is 418 g/mol. The molecule has 3 nitrogen and oxygen atoms in total. The van der Waals surface area contributed by atoms with Gasteiger partial charge >= 0.3 is 0 Å². The normalized spacial score (nSPS) is 30.9. The molecule has 5 atom stereocenters. The molecule has 0 saturated heterocycles. The maximum atomic E-state index is 10.1. The Morgan fingerprint density at radius 1 is 1.30 bits per heavy atom. The Morgan fingerprint density at radius 3 is 2.63 bits per heavy atom. The lowest BCUT2D eigenvalue weighted by Gasteiger charge is -2.44. The van der Waals surface area contributed by atoms with Gasteiger partial charge in [0, 0.05) is 13.0 Å². The third kappa shape index (κ3) is 6.31. The number of allylic oxidation sites excluding steroid dienone is 3. The average molecular weight is 419 g/mol. The SMILES string of the molecule is C=C(/C(C)=C\C=C1/CCC[C@]2(C)[C@@H]([C@H](C)CCCC(C)(C)O)CC[C@@H]12)[C@@H](O)CCO. The fraction of sp³-hybridized carbons (Fsp3) is 0.778. The molecule has 2 fully saturated rings. The van der Waals surface area contributed by atoms with E-state index >= 15 is 0 Å². The summed E-state index contributed by atoms with van der Waals surface area (Å²) in [7, 11) is 0. The van der Waals surface area contributed by atoms with Crippen molar-refractivity contribution in [3.05, 3.63) is 35.5 Å². The second kappa shape index (κ2) is 10.6. The van der Waals surface area contributed by atoms with Crippen LogP contribution in [0.3, 0.4) is 0 Å². The van der Waals surface area contributed by atoms with Crippen LogP contribution in [0.4, 0.5) is 0 Å². The highest BCUT2D eigenvalue weighted by Gasteiger charge is 2.50. The van der Waals surface area contributed by atoms with E-state index in [1.807, 2.05) is 20.8 Å². The number of fused-ring (bicyclic) bond motifs is 1. The lowest BCUT2D eigenvalue weighted by atomic mass is 9.60. The second-order valence-electron chi connectivity index (χ2n) is 10.9. The van der Waals surface area contributed by atoms with Crippen LogP contribution in [-0.4, -0.2) is 33.6 Å². The van der Waals surface area contributed by atoms with Crippen LogP contribution in [0, 0.1) is 23.2 Å². The van der Waals surface area contributed by atoms with Gasteiger partial charge in [0.05, 0.1) is 11.7 Å². The lowest BCUT2D eigenvalue weighted by Crippen LogP contribution is -2.36. The summed E-state index contributed by atoms with van der Waals surface area (Å²) >= 11 is 0. The zero-order chi connectivity index (χ0) is 22.5. The number of aliphatic hydroxyl groups excluding tert-OH is 2. The fourth-order valence-corrected chi connectivity index (χ4v) is 6.17. The van der Waals surface area contributed by atoms with E-state index in [9.17, 15) is 10.2 Å². The quantitative estimate of drug-likeness (QED) is 0.384. The van der Waals surface area contributed by atoms with Crippen LogP contribution in [0.2, 0.25) is 0 Å². The van der Waals surface area contributed by atoms with Crippen LogP contribution in [0.1, 0.15) is 92.4 Å². The summed E-state index contributed by atoms with van der Waals surface area (Å²) in [5.41, 5.74) is 3.11. The highest BCUT2D eigenvalue weighted by atomic mass is 16.3. The molecule has 0 spiro atoms. The van der Waals surface area contributed by atoms with Gasteiger partial charge in [-0.15, -0.1) is 0 Å². The van der Waals surface area contributed by atoms with E-state index in [0.717, 1.165) is 24.3 Å². The standard InChI is InChI=1S/C27H46O3/c1-19(21(3)25(29)15-18-28)11-12-22-10-8-17-27(6)23(13-14-24(22)27)20(2)9-7-16-26(4,5)30/h11-12,20,23-25,28-30H,3,7-10,13-18H2,1-2,4-6H3/b19-11-,22-12+/t20-,23-,24+,25+,27-/m1/s1. The Kier molecular flexibility index (Phi) is 8.97. The predicted molar refractivity (Wildman–Crippen MR) is 126 cm³/mol. The van der Waals surface area contributed by atoms with Crippen molar-refractivity contribution in [2.45, 2.75) is 104 Å². The van der Waals surface area contributed by atoms with Gasteiger partial charge in [0.1, 0.15) is 0 Å². The summed E-state index contributed by atoms with van der Waals surface area (Å²) in [4.78, 5) is 0. The molecule has 0 aromatic heterocycles. The lowest BCUT2D eigenvalue weighted by molar-refractivity contribution is 0.0596. The van der Waals surface area contributed by atoms with Crippen LogP contribution in [0.5, 0.6) is 0 Å². The van der Waals surface area contributed by atoms with Gasteiger partial charge in [-0.2, -0.15) is 0 Å². The van der Waals surface area contributed by atoms with Gasteiger partial charge in [-0.25, -0.2) is 0 Å². The highest BCUT2D eigenvalue weighted by Crippen LogP contribution is 2.59. The maximum absolute atomic E-state index is 10.1. The van der Waals surface area contributed by atoms with Crippen LogP contribution < -0.4 is 0 Å². The smallest absolute Gasteiger partial charge is 0.0808 e. The molecule has 0 radical (unpaired) electrons. The van der Waals surface area contributed by atoms with Crippen molar-refractivity contribution in [2.24, 2.45) is 23.2 Å². The molecule has 0 bridgehead atoms. The molecule has 3 N–H and O–H groups in total. The summed E-state index contributed by atoms with van der Waals surface area (Å²) in [5, 5.41) is 29.2. The Hall–Kier alpha value is -0.900. The number of hydrogen-bond acceptors (Lipinski definition) is 3. The molecule has 0 aromatic rings. The summed E-state index contributed by atoms with van der Waals surface area (Å²) in [5.74, 6) is 2.12. The highest BCUT2D eigenvalue weighted by molar-refractivity contribution is 5.34. The van der Waals surface area contributed by atoms with E-state index in [1.54, 1.807) is 5.57 Å². The van der Waals surface area contributed by atoms with E-state index in [2.05, 4.69) is 32.6 Å². The van der Waals surface area contributed by atoms with E-state index in [4.69, 9.17) is 5.11 Å². The van der Waals surface area contributed by atoms with Gasteiger partial charge in [-0.3, -0.25) is 0 Å². The number of aliphatic hydroxyl groups is 3. The van der Waals surface area contributed by atoms with E-state index in [0.29, 0.717) is 29.2 Å². The van der Waals surface area contributed by atoms with Crippen molar-refractivity contribution in [3.8, 4) is 0 Å². The van der Waals surface area contributed by atoms with Crippen LogP contribution >= 0.6 is 0 Å². The molecule has 0 unspecified atom stereocenters. The van der Waals surface area contributed by atoms with Crippen molar-refractivity contribution in [3.63, 3.8) is 0 Å². The second-order valence-corrected chi connectivity index (χ2v) is 10.9. The first kappa shape index (κ1) is 25.4. The molecule has 2 aliphatic rings. The van der Waals surface area contributed by atoms with Gasteiger partial charge in [0.25, 0.3) is 0 Å². The average Bonchev–Trinajstić information content (AvgIpc) is 3.02. The first-order valence-corrected chi connectivity index (χ1v) is 12.1. The molecule has 0 aromatic carbocycles. The molecule has 30 heavy (non-hydrogen) atoms. The summed E-state index contributed by atoms with van der Waals surface area (Å²) in [6.45, 7) is 14.8. The van der Waals surface area contributed by atoms with E-state index in [-0.39, 0.29) is 6.61 Å². The minimum Gasteiger partial charge on any atom is -0.396 e. The molecule has 172 valence electrons. The third-order valence-electron chi connectivity index (χ3n) is 8.03. The maximum Gasteiger partial charge on any atom is 0.0808 e. The van der Waals surface area contributed by atoms with Crippen LogP contribution in [-0.2, 0) is 0 Å². The van der Waals surface area contributed by atoms with Gasteiger partial charge in [0.2, 0.25) is 0 Å². The van der Waals surface area contributed by atoms with Crippen molar-refractivity contribution in [2.75, 3.05) is 6.61 Å². The molecular weight excluding hydrogens is 372 g/mol. The minimum atomic E-state index is -0.665. The predicted octanol–water partition coefficient (Wildman–Crippen LogP) is 5.95. The first-order valence-electron chi connectivity index (χ1n) is 12.1. The molecule has 2 saturated carbocycles. The minimum absolute atomic E-state index is 0.0235. The Morgan fingerprint density at radius 2 is 2.00 bits per heavy atom. The topological polar surface area (TPSA) is 60.7 Å². The Labute approximate surface area is 185 Å². The molecule has 2 aliphatic carbocycles. The number of hydrogen-bond donors (Lipinski definition) is 3. The van der Waals surface area contributed by atoms with E-state index < -0.39 is 11.7 Å².